The van der Waals surface area contributed by atoms with Gasteiger partial charge in [0.1, 0.15) is 0 Å². The molecule has 0 radical (unpaired) electrons. The van der Waals surface area contributed by atoms with Gasteiger partial charge in [-0.15, -0.1) is 0 Å². The Labute approximate surface area is 111 Å². The molecule has 0 aromatic heterocycles. The summed E-state index contributed by atoms with van der Waals surface area (Å²) in [4.78, 5) is 2.38. The van der Waals surface area contributed by atoms with Gasteiger partial charge < -0.3 is 5.11 Å². The summed E-state index contributed by atoms with van der Waals surface area (Å²) in [6.07, 6.45) is 2.00. The van der Waals surface area contributed by atoms with Crippen LogP contribution < -0.4 is 0 Å². The van der Waals surface area contributed by atoms with E-state index in [2.05, 4.69) is 49.1 Å². The average Bonchev–Trinajstić information content (AvgIpc) is 2.36. The van der Waals surface area contributed by atoms with Crippen LogP contribution >= 0.6 is 0 Å². The molecule has 0 saturated carbocycles. The van der Waals surface area contributed by atoms with Crippen molar-refractivity contribution in [1.82, 2.24) is 4.90 Å². The van der Waals surface area contributed by atoms with E-state index >= 15 is 0 Å². The van der Waals surface area contributed by atoms with Crippen molar-refractivity contribution in [1.29, 1.82) is 0 Å². The second kappa shape index (κ2) is 6.35. The molecule has 0 amide bonds. The predicted octanol–water partition coefficient (Wildman–Crippen LogP) is 2.88. The lowest BCUT2D eigenvalue weighted by atomic mass is 9.89. The second-order valence-corrected chi connectivity index (χ2v) is 5.47. The highest BCUT2D eigenvalue weighted by Gasteiger charge is 2.30. The molecule has 1 aliphatic heterocycles. The van der Waals surface area contributed by atoms with Crippen LogP contribution in [0.1, 0.15) is 38.2 Å². The van der Waals surface area contributed by atoms with E-state index in [1.807, 2.05) is 0 Å². The van der Waals surface area contributed by atoms with E-state index < -0.39 is 0 Å². The van der Waals surface area contributed by atoms with Gasteiger partial charge in [0.2, 0.25) is 0 Å². The monoisotopic (exact) mass is 247 g/mol. The van der Waals surface area contributed by atoms with Crippen molar-refractivity contribution >= 4 is 0 Å². The molecule has 18 heavy (non-hydrogen) atoms. The minimum absolute atomic E-state index is 0.156. The van der Waals surface area contributed by atoms with E-state index in [0.717, 1.165) is 32.5 Å². The van der Waals surface area contributed by atoms with Gasteiger partial charge in [-0.25, -0.2) is 0 Å². The van der Waals surface area contributed by atoms with Crippen molar-refractivity contribution in [2.24, 2.45) is 5.92 Å². The number of aliphatic hydroxyl groups is 1. The molecule has 1 unspecified atom stereocenters. The van der Waals surface area contributed by atoms with Gasteiger partial charge in [-0.05, 0) is 11.5 Å². The van der Waals surface area contributed by atoms with Crippen molar-refractivity contribution in [3.05, 3.63) is 35.9 Å². The van der Waals surface area contributed by atoms with Gasteiger partial charge in [-0.1, -0.05) is 57.0 Å². The molecule has 1 aliphatic rings. The summed E-state index contributed by atoms with van der Waals surface area (Å²) in [5.41, 5.74) is 1.44. The minimum Gasteiger partial charge on any atom is -0.392 e. The van der Waals surface area contributed by atoms with Crippen molar-refractivity contribution in [2.45, 2.75) is 38.7 Å². The summed E-state index contributed by atoms with van der Waals surface area (Å²) in [6.45, 7) is 7.37. The van der Waals surface area contributed by atoms with Crippen LogP contribution in [0.25, 0.3) is 0 Å². The maximum absolute atomic E-state index is 10.2. The van der Waals surface area contributed by atoms with Gasteiger partial charge in [0.15, 0.2) is 0 Å². The van der Waals surface area contributed by atoms with Crippen LogP contribution in [0.5, 0.6) is 0 Å². The van der Waals surface area contributed by atoms with Gasteiger partial charge in [0.25, 0.3) is 0 Å². The highest BCUT2D eigenvalue weighted by Crippen LogP contribution is 2.27. The average molecular weight is 247 g/mol. The Balaban J connectivity index is 1.76. The van der Waals surface area contributed by atoms with E-state index in [9.17, 15) is 5.11 Å². The molecule has 0 bridgehead atoms. The Morgan fingerprint density at radius 1 is 1.17 bits per heavy atom. The first-order valence-corrected chi connectivity index (χ1v) is 7.20. The number of hydrogen-bond donors (Lipinski definition) is 1. The number of nitrogens with zero attached hydrogens (tertiary/aromatic N) is 1. The zero-order valence-electron chi connectivity index (χ0n) is 11.5. The standard InChI is InChI=1S/C16H25NO/c1-3-13(4-2)16(18)12-17-10-15(11-17)14-8-6-5-7-9-14/h5-9,13,15-16,18H,3-4,10-12H2,1-2H3. The molecule has 2 rings (SSSR count). The highest BCUT2D eigenvalue weighted by molar-refractivity contribution is 5.22. The fourth-order valence-corrected chi connectivity index (χ4v) is 2.90. The molecule has 1 atom stereocenters. The fourth-order valence-electron chi connectivity index (χ4n) is 2.90. The van der Waals surface area contributed by atoms with Crippen molar-refractivity contribution in [2.75, 3.05) is 19.6 Å². The first kappa shape index (κ1) is 13.6. The highest BCUT2D eigenvalue weighted by atomic mass is 16.3. The fraction of sp³-hybridized carbons (Fsp3) is 0.625. The summed E-state index contributed by atoms with van der Waals surface area (Å²) < 4.78 is 0. The summed E-state index contributed by atoms with van der Waals surface area (Å²) in [5, 5.41) is 10.2. The normalized spacial score (nSPS) is 18.9. The molecular weight excluding hydrogens is 222 g/mol. The van der Waals surface area contributed by atoms with Gasteiger partial charge in [0.05, 0.1) is 6.10 Å². The molecule has 0 aliphatic carbocycles. The number of benzene rings is 1. The van der Waals surface area contributed by atoms with Gasteiger partial charge >= 0.3 is 0 Å². The lowest BCUT2D eigenvalue weighted by molar-refractivity contribution is 0.0290. The number of rotatable bonds is 6. The first-order chi connectivity index (χ1) is 8.74. The van der Waals surface area contributed by atoms with Crippen LogP contribution in [0.2, 0.25) is 0 Å². The Kier molecular flexibility index (Phi) is 4.79. The molecule has 0 spiro atoms. The van der Waals surface area contributed by atoms with E-state index in [4.69, 9.17) is 0 Å². The molecule has 2 heteroatoms. The van der Waals surface area contributed by atoms with Crippen LogP contribution in [-0.4, -0.2) is 35.7 Å². The topological polar surface area (TPSA) is 23.5 Å². The molecule has 1 heterocycles. The van der Waals surface area contributed by atoms with Gasteiger partial charge in [-0.3, -0.25) is 4.90 Å². The van der Waals surface area contributed by atoms with Crippen LogP contribution in [0.3, 0.4) is 0 Å². The lowest BCUT2D eigenvalue weighted by Crippen LogP contribution is -2.49. The molecule has 1 N–H and O–H groups in total. The maximum atomic E-state index is 10.2. The third-order valence-corrected chi connectivity index (χ3v) is 4.27. The summed E-state index contributed by atoms with van der Waals surface area (Å²) >= 11 is 0. The number of hydrogen-bond acceptors (Lipinski definition) is 2. The second-order valence-electron chi connectivity index (χ2n) is 5.47. The van der Waals surface area contributed by atoms with E-state index in [-0.39, 0.29) is 6.10 Å². The Bertz CT molecular complexity index is 341. The number of β-amino-alcohol motifs (C(OH)–C–C–N with tert-alkyl or cyclic N) is 1. The molecule has 1 saturated heterocycles. The molecule has 1 aromatic rings. The largest absolute Gasteiger partial charge is 0.392 e. The minimum atomic E-state index is -0.156. The van der Waals surface area contributed by atoms with Crippen molar-refractivity contribution in [3.8, 4) is 0 Å². The van der Waals surface area contributed by atoms with E-state index in [0.29, 0.717) is 11.8 Å². The number of likely N-dealkylation sites (tertiary alicyclic amines) is 1. The smallest absolute Gasteiger partial charge is 0.0695 e. The summed E-state index contributed by atoms with van der Waals surface area (Å²) in [7, 11) is 0. The van der Waals surface area contributed by atoms with E-state index in [1.165, 1.54) is 5.56 Å². The maximum Gasteiger partial charge on any atom is 0.0695 e. The third kappa shape index (κ3) is 3.12. The zero-order chi connectivity index (χ0) is 13.0. The third-order valence-electron chi connectivity index (χ3n) is 4.27. The SMILES string of the molecule is CCC(CC)C(O)CN1CC(c2ccccc2)C1. The quantitative estimate of drug-likeness (QED) is 0.835. The van der Waals surface area contributed by atoms with Crippen LogP contribution in [0.4, 0.5) is 0 Å². The Hall–Kier alpha value is -0.860. The molecule has 2 nitrogen and oxygen atoms in total. The Morgan fingerprint density at radius 3 is 2.33 bits per heavy atom. The van der Waals surface area contributed by atoms with Crippen LogP contribution in [-0.2, 0) is 0 Å². The number of aliphatic hydroxyl groups excluding tert-OH is 1. The van der Waals surface area contributed by atoms with E-state index in [1.54, 1.807) is 0 Å². The van der Waals surface area contributed by atoms with Crippen LogP contribution in [0.15, 0.2) is 30.3 Å². The molecular formula is C16H25NO. The van der Waals surface area contributed by atoms with Gasteiger partial charge in [-0.2, -0.15) is 0 Å². The zero-order valence-corrected chi connectivity index (χ0v) is 11.5. The lowest BCUT2D eigenvalue weighted by Gasteiger charge is -2.41. The van der Waals surface area contributed by atoms with Crippen LogP contribution in [0, 0.1) is 5.92 Å². The van der Waals surface area contributed by atoms with Crippen molar-refractivity contribution < 1.29 is 5.11 Å². The Morgan fingerprint density at radius 2 is 1.78 bits per heavy atom. The molecule has 1 aromatic carbocycles. The van der Waals surface area contributed by atoms with Gasteiger partial charge in [0, 0.05) is 25.6 Å². The summed E-state index contributed by atoms with van der Waals surface area (Å²) in [6, 6.07) is 10.7. The summed E-state index contributed by atoms with van der Waals surface area (Å²) in [5.74, 6) is 1.13. The molecule has 100 valence electrons. The van der Waals surface area contributed by atoms with Crippen molar-refractivity contribution in [3.63, 3.8) is 0 Å². The molecule has 1 fully saturated rings. The first-order valence-electron chi connectivity index (χ1n) is 7.20. The predicted molar refractivity (Wildman–Crippen MR) is 75.7 cm³/mol.